The van der Waals surface area contributed by atoms with Crippen molar-refractivity contribution in [2.24, 2.45) is 0 Å². The lowest BCUT2D eigenvalue weighted by atomic mass is 10.1. The molecular weight excluding hydrogens is 330 g/mol. The predicted octanol–water partition coefficient (Wildman–Crippen LogP) is 4.43. The first-order chi connectivity index (χ1) is 10.1. The number of nitrogens with zero attached hydrogens (tertiary/aromatic N) is 2. The van der Waals surface area contributed by atoms with Crippen LogP contribution in [0.15, 0.2) is 29.0 Å². The van der Waals surface area contributed by atoms with Gasteiger partial charge in [0.05, 0.1) is 5.69 Å². The molecule has 0 spiro atoms. The van der Waals surface area contributed by atoms with E-state index in [4.69, 9.17) is 4.74 Å². The molecule has 1 aromatic carbocycles. The highest BCUT2D eigenvalue weighted by Crippen LogP contribution is 2.30. The van der Waals surface area contributed by atoms with Crippen molar-refractivity contribution in [1.82, 2.24) is 9.55 Å². The van der Waals surface area contributed by atoms with E-state index >= 15 is 0 Å². The van der Waals surface area contributed by atoms with Gasteiger partial charge in [-0.15, -0.1) is 0 Å². The molecule has 1 heterocycles. The number of rotatable bonds is 7. The Balaban J connectivity index is 2.09. The molecule has 0 atom stereocenters. The summed E-state index contributed by atoms with van der Waals surface area (Å²) >= 11 is 3.62. The van der Waals surface area contributed by atoms with E-state index in [0.29, 0.717) is 0 Å². The maximum Gasteiger partial charge on any atom is 0.207 e. The molecule has 0 amide bonds. The van der Waals surface area contributed by atoms with Gasteiger partial charge in [0.1, 0.15) is 0 Å². The summed E-state index contributed by atoms with van der Waals surface area (Å²) in [7, 11) is 0. The first kappa shape index (κ1) is 16.0. The molecule has 1 aromatic heterocycles. The average molecular weight is 352 g/mol. The summed E-state index contributed by atoms with van der Waals surface area (Å²) < 4.78 is 8.55. The first-order valence-corrected chi connectivity index (χ1v) is 8.03. The maximum absolute atomic E-state index is 5.38. The molecule has 0 fully saturated rings. The van der Waals surface area contributed by atoms with Crippen molar-refractivity contribution >= 4 is 27.6 Å². The van der Waals surface area contributed by atoms with Crippen LogP contribution >= 0.6 is 15.9 Å². The van der Waals surface area contributed by atoms with Crippen molar-refractivity contribution in [2.75, 3.05) is 18.5 Å². The number of hydrogen-bond donors (Lipinski definition) is 1. The number of nitrogens with one attached hydrogen (secondary N) is 1. The molecule has 0 aliphatic carbocycles. The van der Waals surface area contributed by atoms with Crippen molar-refractivity contribution < 1.29 is 4.74 Å². The second-order valence-electron chi connectivity index (χ2n) is 5.06. The molecule has 0 unspecified atom stereocenters. The smallest absolute Gasteiger partial charge is 0.207 e. The van der Waals surface area contributed by atoms with E-state index in [0.717, 1.165) is 42.3 Å². The molecule has 0 saturated carbocycles. The number of ether oxygens (including phenoxy) is 1. The molecule has 0 aliphatic heterocycles. The predicted molar refractivity (Wildman–Crippen MR) is 90.2 cm³/mol. The second-order valence-corrected chi connectivity index (χ2v) is 5.91. The Labute approximate surface area is 134 Å². The van der Waals surface area contributed by atoms with Crippen molar-refractivity contribution in [3.63, 3.8) is 0 Å². The summed E-state index contributed by atoms with van der Waals surface area (Å²) in [6.07, 6.45) is 4.79. The SMILES string of the molecule is CCOCCCn1ccnc1Nc1c(C)cc(C)cc1Br. The minimum absolute atomic E-state index is 0.768. The zero-order chi connectivity index (χ0) is 15.2. The lowest BCUT2D eigenvalue weighted by Crippen LogP contribution is -2.07. The maximum atomic E-state index is 5.38. The van der Waals surface area contributed by atoms with E-state index in [2.05, 4.69) is 56.8 Å². The molecule has 2 rings (SSSR count). The highest BCUT2D eigenvalue weighted by atomic mass is 79.9. The van der Waals surface area contributed by atoms with Crippen LogP contribution in [0.25, 0.3) is 0 Å². The van der Waals surface area contributed by atoms with Gasteiger partial charge in [0, 0.05) is 36.6 Å². The lowest BCUT2D eigenvalue weighted by molar-refractivity contribution is 0.142. The first-order valence-electron chi connectivity index (χ1n) is 7.24. The number of aryl methyl sites for hydroxylation is 3. The quantitative estimate of drug-likeness (QED) is 0.749. The van der Waals surface area contributed by atoms with Crippen LogP contribution in [-0.4, -0.2) is 22.8 Å². The van der Waals surface area contributed by atoms with Crippen LogP contribution in [-0.2, 0) is 11.3 Å². The standard InChI is InChI=1S/C16H22BrN3O/c1-4-21-9-5-7-20-8-6-18-16(20)19-15-13(3)10-12(2)11-14(15)17/h6,8,10-11H,4-5,7,9H2,1-3H3,(H,18,19). The summed E-state index contributed by atoms with van der Waals surface area (Å²) in [6.45, 7) is 8.65. The van der Waals surface area contributed by atoms with Gasteiger partial charge < -0.3 is 14.6 Å². The van der Waals surface area contributed by atoms with Crippen LogP contribution in [0.4, 0.5) is 11.6 Å². The number of anilines is 2. The molecule has 4 nitrogen and oxygen atoms in total. The summed E-state index contributed by atoms with van der Waals surface area (Å²) in [4.78, 5) is 4.41. The summed E-state index contributed by atoms with van der Waals surface area (Å²) in [5.74, 6) is 0.860. The molecule has 1 N–H and O–H groups in total. The molecule has 5 heteroatoms. The van der Waals surface area contributed by atoms with E-state index < -0.39 is 0 Å². The molecule has 0 radical (unpaired) electrons. The van der Waals surface area contributed by atoms with Crippen LogP contribution in [0.2, 0.25) is 0 Å². The zero-order valence-electron chi connectivity index (χ0n) is 12.8. The number of benzene rings is 1. The van der Waals surface area contributed by atoms with E-state index in [1.807, 2.05) is 19.3 Å². The Bertz CT molecular complexity index is 572. The average Bonchev–Trinajstić information content (AvgIpc) is 2.86. The minimum atomic E-state index is 0.768. The van der Waals surface area contributed by atoms with Crippen molar-refractivity contribution in [3.8, 4) is 0 Å². The van der Waals surface area contributed by atoms with Crippen molar-refractivity contribution in [1.29, 1.82) is 0 Å². The van der Waals surface area contributed by atoms with Gasteiger partial charge in [-0.3, -0.25) is 0 Å². The fourth-order valence-corrected chi connectivity index (χ4v) is 3.05. The minimum Gasteiger partial charge on any atom is -0.382 e. The lowest BCUT2D eigenvalue weighted by Gasteiger charge is -2.14. The molecule has 21 heavy (non-hydrogen) atoms. The van der Waals surface area contributed by atoms with Gasteiger partial charge in [0.25, 0.3) is 0 Å². The molecule has 0 aliphatic rings. The Kier molecular flexibility index (Phi) is 5.82. The van der Waals surface area contributed by atoms with E-state index in [1.54, 1.807) is 0 Å². The van der Waals surface area contributed by atoms with Gasteiger partial charge in [-0.25, -0.2) is 4.98 Å². The highest BCUT2D eigenvalue weighted by molar-refractivity contribution is 9.10. The normalized spacial score (nSPS) is 10.9. The fourth-order valence-electron chi connectivity index (χ4n) is 2.28. The van der Waals surface area contributed by atoms with Crippen LogP contribution in [0.3, 0.4) is 0 Å². The van der Waals surface area contributed by atoms with Crippen LogP contribution in [0, 0.1) is 13.8 Å². The van der Waals surface area contributed by atoms with Gasteiger partial charge >= 0.3 is 0 Å². The second kappa shape index (κ2) is 7.61. The van der Waals surface area contributed by atoms with E-state index in [-0.39, 0.29) is 0 Å². The number of aromatic nitrogens is 2. The summed E-state index contributed by atoms with van der Waals surface area (Å²) in [5, 5.41) is 3.42. The largest absolute Gasteiger partial charge is 0.382 e. The number of halogens is 1. The Morgan fingerprint density at radius 3 is 2.86 bits per heavy atom. The number of hydrogen-bond acceptors (Lipinski definition) is 3. The van der Waals surface area contributed by atoms with E-state index in [1.165, 1.54) is 11.1 Å². The number of imidazole rings is 1. The Morgan fingerprint density at radius 1 is 1.33 bits per heavy atom. The van der Waals surface area contributed by atoms with Crippen molar-refractivity contribution in [2.45, 2.75) is 33.7 Å². The Morgan fingerprint density at radius 2 is 2.14 bits per heavy atom. The topological polar surface area (TPSA) is 39.1 Å². The molecular formula is C16H22BrN3O. The fraction of sp³-hybridized carbons (Fsp3) is 0.438. The third-order valence-corrected chi connectivity index (χ3v) is 3.90. The summed E-state index contributed by atoms with van der Waals surface area (Å²) in [5.41, 5.74) is 3.51. The van der Waals surface area contributed by atoms with Gasteiger partial charge in [-0.2, -0.15) is 0 Å². The Hall–Kier alpha value is -1.33. The van der Waals surface area contributed by atoms with E-state index in [9.17, 15) is 0 Å². The third kappa shape index (κ3) is 4.32. The van der Waals surface area contributed by atoms with Crippen LogP contribution in [0.1, 0.15) is 24.5 Å². The van der Waals surface area contributed by atoms with Gasteiger partial charge in [-0.1, -0.05) is 6.07 Å². The molecule has 2 aromatic rings. The highest BCUT2D eigenvalue weighted by Gasteiger charge is 2.09. The summed E-state index contributed by atoms with van der Waals surface area (Å²) in [6, 6.07) is 4.27. The molecule has 114 valence electrons. The third-order valence-electron chi connectivity index (χ3n) is 3.28. The zero-order valence-corrected chi connectivity index (χ0v) is 14.4. The molecule has 0 saturated heterocycles. The van der Waals surface area contributed by atoms with Gasteiger partial charge in [0.2, 0.25) is 5.95 Å². The van der Waals surface area contributed by atoms with Crippen LogP contribution < -0.4 is 5.32 Å². The monoisotopic (exact) mass is 351 g/mol. The van der Waals surface area contributed by atoms with Crippen molar-refractivity contribution in [3.05, 3.63) is 40.1 Å². The van der Waals surface area contributed by atoms with Gasteiger partial charge in [-0.05, 0) is 60.3 Å². The molecule has 0 bridgehead atoms. The van der Waals surface area contributed by atoms with Gasteiger partial charge in [0.15, 0.2) is 0 Å². The van der Waals surface area contributed by atoms with Crippen LogP contribution in [0.5, 0.6) is 0 Å².